The SMILES string of the molecule is CC(C)(C)OC(=O)Nc1ccc(Nc2ccc(F)cc2)nn1. The van der Waals surface area contributed by atoms with Crippen LogP contribution >= 0.6 is 0 Å². The van der Waals surface area contributed by atoms with Crippen LogP contribution in [0.15, 0.2) is 36.4 Å². The summed E-state index contributed by atoms with van der Waals surface area (Å²) in [5.74, 6) is 0.439. The Morgan fingerprint density at radius 2 is 1.64 bits per heavy atom. The zero-order valence-corrected chi connectivity index (χ0v) is 12.6. The van der Waals surface area contributed by atoms with Crippen molar-refractivity contribution in [1.29, 1.82) is 0 Å². The predicted molar refractivity (Wildman–Crippen MR) is 81.6 cm³/mol. The summed E-state index contributed by atoms with van der Waals surface area (Å²) >= 11 is 0. The molecule has 0 saturated heterocycles. The van der Waals surface area contributed by atoms with Crippen molar-refractivity contribution in [3.63, 3.8) is 0 Å². The highest BCUT2D eigenvalue weighted by Crippen LogP contribution is 2.15. The molecule has 0 fully saturated rings. The lowest BCUT2D eigenvalue weighted by molar-refractivity contribution is 0.0635. The summed E-state index contributed by atoms with van der Waals surface area (Å²) in [5, 5.41) is 13.2. The number of hydrogen-bond donors (Lipinski definition) is 2. The number of nitrogens with one attached hydrogen (secondary N) is 2. The molecule has 1 aromatic heterocycles. The Bertz CT molecular complexity index is 636. The molecule has 0 spiro atoms. The van der Waals surface area contributed by atoms with Crippen molar-refractivity contribution < 1.29 is 13.9 Å². The molecule has 0 saturated carbocycles. The molecule has 0 radical (unpaired) electrons. The molecule has 1 heterocycles. The first-order valence-electron chi connectivity index (χ1n) is 6.68. The Balaban J connectivity index is 1.95. The molecule has 6 nitrogen and oxygen atoms in total. The van der Waals surface area contributed by atoms with Gasteiger partial charge in [0.25, 0.3) is 0 Å². The smallest absolute Gasteiger partial charge is 0.413 e. The summed E-state index contributed by atoms with van der Waals surface area (Å²) in [7, 11) is 0. The minimum atomic E-state index is -0.596. The number of rotatable bonds is 3. The first kappa shape index (κ1) is 15.7. The lowest BCUT2D eigenvalue weighted by atomic mass is 10.2. The molecule has 2 aromatic rings. The van der Waals surface area contributed by atoms with E-state index in [-0.39, 0.29) is 11.6 Å². The lowest BCUT2D eigenvalue weighted by Gasteiger charge is -2.19. The molecule has 0 atom stereocenters. The van der Waals surface area contributed by atoms with E-state index in [4.69, 9.17) is 4.74 Å². The molecule has 22 heavy (non-hydrogen) atoms. The Morgan fingerprint density at radius 3 is 2.18 bits per heavy atom. The van der Waals surface area contributed by atoms with Gasteiger partial charge in [0, 0.05) is 5.69 Å². The zero-order valence-electron chi connectivity index (χ0n) is 12.6. The minimum absolute atomic E-state index is 0.277. The summed E-state index contributed by atoms with van der Waals surface area (Å²) < 4.78 is 17.9. The molecule has 0 aliphatic heterocycles. The first-order valence-corrected chi connectivity index (χ1v) is 6.68. The second-order valence-electron chi connectivity index (χ2n) is 5.56. The van der Waals surface area contributed by atoms with E-state index in [0.29, 0.717) is 11.5 Å². The number of carbonyl (C=O) groups excluding carboxylic acids is 1. The molecular weight excluding hydrogens is 287 g/mol. The standard InChI is InChI=1S/C15H17FN4O2/c1-15(2,3)22-14(21)18-13-9-8-12(19-20-13)17-11-6-4-10(16)5-7-11/h4-9H,1-3H3,(H,17,19)(H,18,20,21). The van der Waals surface area contributed by atoms with Crippen LogP contribution in [0.2, 0.25) is 0 Å². The van der Waals surface area contributed by atoms with Gasteiger partial charge in [0.15, 0.2) is 11.6 Å². The Labute approximate surface area is 127 Å². The Kier molecular flexibility index (Phi) is 4.55. The first-order chi connectivity index (χ1) is 10.3. The molecule has 0 aliphatic rings. The topological polar surface area (TPSA) is 76.1 Å². The van der Waals surface area contributed by atoms with Gasteiger partial charge >= 0.3 is 6.09 Å². The average Bonchev–Trinajstić information content (AvgIpc) is 2.41. The van der Waals surface area contributed by atoms with Crippen molar-refractivity contribution in [1.82, 2.24) is 10.2 Å². The number of anilines is 3. The fourth-order valence-corrected chi connectivity index (χ4v) is 1.55. The van der Waals surface area contributed by atoms with E-state index in [0.717, 1.165) is 0 Å². The van der Waals surface area contributed by atoms with Gasteiger partial charge in [0.05, 0.1) is 0 Å². The van der Waals surface area contributed by atoms with Gasteiger partial charge in [-0.15, -0.1) is 10.2 Å². The van der Waals surface area contributed by atoms with Crippen molar-refractivity contribution in [3.8, 4) is 0 Å². The van der Waals surface area contributed by atoms with Crippen molar-refractivity contribution in [2.45, 2.75) is 26.4 Å². The monoisotopic (exact) mass is 304 g/mol. The second kappa shape index (κ2) is 6.38. The lowest BCUT2D eigenvalue weighted by Crippen LogP contribution is -2.27. The molecule has 2 rings (SSSR count). The highest BCUT2D eigenvalue weighted by atomic mass is 19.1. The number of benzene rings is 1. The van der Waals surface area contributed by atoms with Gasteiger partial charge in [-0.1, -0.05) is 0 Å². The Morgan fingerprint density at radius 1 is 1.05 bits per heavy atom. The molecule has 2 N–H and O–H groups in total. The number of ether oxygens (including phenoxy) is 1. The van der Waals surface area contributed by atoms with E-state index in [1.54, 1.807) is 45.0 Å². The van der Waals surface area contributed by atoms with E-state index in [9.17, 15) is 9.18 Å². The molecule has 0 aliphatic carbocycles. The van der Waals surface area contributed by atoms with Crippen molar-refractivity contribution in [2.24, 2.45) is 0 Å². The van der Waals surface area contributed by atoms with E-state index in [1.807, 2.05) is 0 Å². The molecule has 0 unspecified atom stereocenters. The van der Waals surface area contributed by atoms with Crippen LogP contribution in [0.25, 0.3) is 0 Å². The summed E-state index contributed by atoms with van der Waals surface area (Å²) in [6.45, 7) is 5.32. The highest BCUT2D eigenvalue weighted by molar-refractivity contribution is 5.83. The average molecular weight is 304 g/mol. The van der Waals surface area contributed by atoms with E-state index < -0.39 is 11.7 Å². The quantitative estimate of drug-likeness (QED) is 0.904. The van der Waals surface area contributed by atoms with Crippen molar-refractivity contribution >= 4 is 23.4 Å². The van der Waals surface area contributed by atoms with Crippen LogP contribution in [0.5, 0.6) is 0 Å². The van der Waals surface area contributed by atoms with Crippen LogP contribution in [-0.4, -0.2) is 21.9 Å². The normalized spacial score (nSPS) is 10.9. The largest absolute Gasteiger partial charge is 0.444 e. The van der Waals surface area contributed by atoms with Crippen LogP contribution in [0.4, 0.5) is 26.5 Å². The molecule has 1 aromatic carbocycles. The fraction of sp³-hybridized carbons (Fsp3) is 0.267. The van der Waals surface area contributed by atoms with Gasteiger partial charge < -0.3 is 10.1 Å². The van der Waals surface area contributed by atoms with Crippen LogP contribution in [0.1, 0.15) is 20.8 Å². The predicted octanol–water partition coefficient (Wildman–Crippen LogP) is 3.71. The van der Waals surface area contributed by atoms with Crippen LogP contribution < -0.4 is 10.6 Å². The van der Waals surface area contributed by atoms with Gasteiger partial charge in [-0.25, -0.2) is 9.18 Å². The van der Waals surface area contributed by atoms with Gasteiger partial charge in [-0.3, -0.25) is 5.32 Å². The van der Waals surface area contributed by atoms with Crippen LogP contribution in [-0.2, 0) is 4.74 Å². The van der Waals surface area contributed by atoms with Gasteiger partial charge in [-0.2, -0.15) is 0 Å². The van der Waals surface area contributed by atoms with Crippen LogP contribution in [0.3, 0.4) is 0 Å². The number of hydrogen-bond acceptors (Lipinski definition) is 5. The maximum absolute atomic E-state index is 12.8. The third-order valence-corrected chi connectivity index (χ3v) is 2.41. The maximum atomic E-state index is 12.8. The summed E-state index contributed by atoms with van der Waals surface area (Å²) in [6, 6.07) is 9.09. The zero-order chi connectivity index (χ0) is 16.2. The summed E-state index contributed by atoms with van der Waals surface area (Å²) in [5.41, 5.74) is 0.102. The molecule has 1 amide bonds. The van der Waals surface area contributed by atoms with Crippen molar-refractivity contribution in [2.75, 3.05) is 10.6 Å². The van der Waals surface area contributed by atoms with Crippen LogP contribution in [0, 0.1) is 5.82 Å². The number of amides is 1. The highest BCUT2D eigenvalue weighted by Gasteiger charge is 2.16. The van der Waals surface area contributed by atoms with E-state index in [1.165, 1.54) is 12.1 Å². The van der Waals surface area contributed by atoms with Gasteiger partial charge in [0.1, 0.15) is 11.4 Å². The van der Waals surface area contributed by atoms with E-state index >= 15 is 0 Å². The maximum Gasteiger partial charge on any atom is 0.413 e. The number of carbonyl (C=O) groups is 1. The molecule has 116 valence electrons. The third-order valence-electron chi connectivity index (χ3n) is 2.41. The minimum Gasteiger partial charge on any atom is -0.444 e. The second-order valence-corrected chi connectivity index (χ2v) is 5.56. The van der Waals surface area contributed by atoms with E-state index in [2.05, 4.69) is 20.8 Å². The van der Waals surface area contributed by atoms with Gasteiger partial charge in [-0.05, 0) is 57.2 Å². The van der Waals surface area contributed by atoms with Gasteiger partial charge in [0.2, 0.25) is 0 Å². The number of aromatic nitrogens is 2. The number of nitrogens with zero attached hydrogens (tertiary/aromatic N) is 2. The fourth-order valence-electron chi connectivity index (χ4n) is 1.55. The Hall–Kier alpha value is -2.70. The molecule has 0 bridgehead atoms. The van der Waals surface area contributed by atoms with Crippen molar-refractivity contribution in [3.05, 3.63) is 42.2 Å². The summed E-state index contributed by atoms with van der Waals surface area (Å²) in [6.07, 6.45) is -0.596. The number of halogens is 1. The summed E-state index contributed by atoms with van der Waals surface area (Å²) in [4.78, 5) is 11.6. The molecule has 7 heteroatoms. The third kappa shape index (κ3) is 5.01. The molecular formula is C15H17FN4O2.